The number of rotatable bonds is 2. The standard InChI is InChI=1S/C15H19N3/c1-11-4-5-14-13(3-2-8-17-14)15(11)18-12-6-9-16-10-7-12/h2-5,8,12,16,18H,6-7,9-10H2,1H3. The smallest absolute Gasteiger partial charge is 0.0722 e. The molecule has 1 aromatic carbocycles. The lowest BCUT2D eigenvalue weighted by atomic mass is 10.0. The zero-order valence-electron chi connectivity index (χ0n) is 10.7. The Bertz CT molecular complexity index is 544. The van der Waals surface area contributed by atoms with E-state index in [-0.39, 0.29) is 0 Å². The third kappa shape index (κ3) is 2.18. The zero-order chi connectivity index (χ0) is 12.4. The molecule has 0 aliphatic carbocycles. The van der Waals surface area contributed by atoms with E-state index in [2.05, 4.69) is 40.7 Å². The van der Waals surface area contributed by atoms with Crippen molar-refractivity contribution in [1.82, 2.24) is 10.3 Å². The number of aromatic nitrogens is 1. The summed E-state index contributed by atoms with van der Waals surface area (Å²) in [7, 11) is 0. The summed E-state index contributed by atoms with van der Waals surface area (Å²) in [6.07, 6.45) is 4.23. The molecule has 2 N–H and O–H groups in total. The summed E-state index contributed by atoms with van der Waals surface area (Å²) in [5.41, 5.74) is 3.63. The molecule has 0 amide bonds. The Hall–Kier alpha value is -1.61. The Balaban J connectivity index is 1.96. The van der Waals surface area contributed by atoms with Gasteiger partial charge in [0.15, 0.2) is 0 Å². The van der Waals surface area contributed by atoms with Crippen molar-refractivity contribution in [2.45, 2.75) is 25.8 Å². The van der Waals surface area contributed by atoms with Gasteiger partial charge in [-0.2, -0.15) is 0 Å². The minimum atomic E-state index is 0.579. The molecule has 1 fully saturated rings. The maximum absolute atomic E-state index is 4.42. The van der Waals surface area contributed by atoms with Crippen LogP contribution in [0.15, 0.2) is 30.5 Å². The summed E-state index contributed by atoms with van der Waals surface area (Å²) in [5.74, 6) is 0. The van der Waals surface area contributed by atoms with Gasteiger partial charge in [0.25, 0.3) is 0 Å². The fourth-order valence-corrected chi connectivity index (χ4v) is 2.62. The van der Waals surface area contributed by atoms with Crippen LogP contribution in [-0.2, 0) is 0 Å². The van der Waals surface area contributed by atoms with Crippen LogP contribution < -0.4 is 10.6 Å². The summed E-state index contributed by atoms with van der Waals surface area (Å²) >= 11 is 0. The van der Waals surface area contributed by atoms with Gasteiger partial charge in [0.1, 0.15) is 0 Å². The van der Waals surface area contributed by atoms with Crippen molar-refractivity contribution in [2.75, 3.05) is 18.4 Å². The molecule has 0 spiro atoms. The van der Waals surface area contributed by atoms with Crippen LogP contribution in [0, 0.1) is 6.92 Å². The van der Waals surface area contributed by atoms with Gasteiger partial charge < -0.3 is 10.6 Å². The lowest BCUT2D eigenvalue weighted by Gasteiger charge is -2.26. The van der Waals surface area contributed by atoms with Crippen molar-refractivity contribution >= 4 is 16.6 Å². The molecule has 3 heteroatoms. The van der Waals surface area contributed by atoms with E-state index in [4.69, 9.17) is 0 Å². The maximum atomic E-state index is 4.42. The first-order chi connectivity index (χ1) is 8.84. The number of hydrogen-bond acceptors (Lipinski definition) is 3. The largest absolute Gasteiger partial charge is 0.381 e. The van der Waals surface area contributed by atoms with Gasteiger partial charge in [0.2, 0.25) is 0 Å². The molecule has 0 unspecified atom stereocenters. The van der Waals surface area contributed by atoms with Gasteiger partial charge in [-0.15, -0.1) is 0 Å². The minimum Gasteiger partial charge on any atom is -0.381 e. The number of anilines is 1. The quantitative estimate of drug-likeness (QED) is 0.849. The highest BCUT2D eigenvalue weighted by Gasteiger charge is 2.14. The van der Waals surface area contributed by atoms with Crippen LogP contribution in [0.25, 0.3) is 10.9 Å². The van der Waals surface area contributed by atoms with Crippen LogP contribution in [-0.4, -0.2) is 24.1 Å². The SMILES string of the molecule is Cc1ccc2ncccc2c1NC1CCNCC1. The number of nitrogens with one attached hydrogen (secondary N) is 2. The second-order valence-electron chi connectivity index (χ2n) is 5.00. The van der Waals surface area contributed by atoms with E-state index >= 15 is 0 Å². The van der Waals surface area contributed by atoms with Crippen LogP contribution in [0.2, 0.25) is 0 Å². The highest BCUT2D eigenvalue weighted by atomic mass is 15.0. The number of nitrogens with zero attached hydrogens (tertiary/aromatic N) is 1. The van der Waals surface area contributed by atoms with Crippen molar-refractivity contribution in [1.29, 1.82) is 0 Å². The second kappa shape index (κ2) is 4.94. The molecule has 1 aliphatic rings. The third-order valence-corrected chi connectivity index (χ3v) is 3.68. The molecule has 0 atom stereocenters. The van der Waals surface area contributed by atoms with E-state index in [9.17, 15) is 0 Å². The van der Waals surface area contributed by atoms with Gasteiger partial charge in [0.05, 0.1) is 5.52 Å². The number of benzene rings is 1. The van der Waals surface area contributed by atoms with E-state index in [1.165, 1.54) is 29.5 Å². The van der Waals surface area contributed by atoms with Gasteiger partial charge in [-0.05, 0) is 56.6 Å². The predicted molar refractivity (Wildman–Crippen MR) is 76.0 cm³/mol. The molecule has 94 valence electrons. The fourth-order valence-electron chi connectivity index (χ4n) is 2.62. The third-order valence-electron chi connectivity index (χ3n) is 3.68. The first-order valence-corrected chi connectivity index (χ1v) is 6.66. The summed E-state index contributed by atoms with van der Waals surface area (Å²) < 4.78 is 0. The first-order valence-electron chi connectivity index (χ1n) is 6.66. The normalized spacial score (nSPS) is 16.9. The lowest BCUT2D eigenvalue weighted by molar-refractivity contribution is 0.479. The highest BCUT2D eigenvalue weighted by Crippen LogP contribution is 2.27. The van der Waals surface area contributed by atoms with Crippen molar-refractivity contribution in [2.24, 2.45) is 0 Å². The van der Waals surface area contributed by atoms with E-state index in [0.717, 1.165) is 18.6 Å². The summed E-state index contributed by atoms with van der Waals surface area (Å²) in [6, 6.07) is 8.99. The topological polar surface area (TPSA) is 37.0 Å². The van der Waals surface area contributed by atoms with E-state index < -0.39 is 0 Å². The molecular formula is C15H19N3. The molecule has 2 heterocycles. The zero-order valence-corrected chi connectivity index (χ0v) is 10.7. The van der Waals surface area contributed by atoms with Crippen LogP contribution in [0.4, 0.5) is 5.69 Å². The fraction of sp³-hybridized carbons (Fsp3) is 0.400. The molecule has 3 rings (SSSR count). The molecule has 0 saturated carbocycles. The Morgan fingerprint density at radius 1 is 1.22 bits per heavy atom. The highest BCUT2D eigenvalue weighted by molar-refractivity contribution is 5.93. The molecular weight excluding hydrogens is 222 g/mol. The van der Waals surface area contributed by atoms with Crippen molar-refractivity contribution < 1.29 is 0 Å². The molecule has 0 bridgehead atoms. The van der Waals surface area contributed by atoms with Crippen LogP contribution >= 0.6 is 0 Å². The van der Waals surface area contributed by atoms with Gasteiger partial charge >= 0.3 is 0 Å². The molecule has 2 aromatic rings. The van der Waals surface area contributed by atoms with Crippen LogP contribution in [0.1, 0.15) is 18.4 Å². The molecule has 0 radical (unpaired) electrons. The molecule has 1 aromatic heterocycles. The Morgan fingerprint density at radius 3 is 2.89 bits per heavy atom. The monoisotopic (exact) mass is 241 g/mol. The molecule has 1 aliphatic heterocycles. The van der Waals surface area contributed by atoms with Crippen LogP contribution in [0.5, 0.6) is 0 Å². The van der Waals surface area contributed by atoms with Gasteiger partial charge in [-0.1, -0.05) is 6.07 Å². The van der Waals surface area contributed by atoms with Crippen molar-refractivity contribution in [3.63, 3.8) is 0 Å². The van der Waals surface area contributed by atoms with Gasteiger partial charge in [0, 0.05) is 23.3 Å². The van der Waals surface area contributed by atoms with E-state index in [0.29, 0.717) is 6.04 Å². The van der Waals surface area contributed by atoms with Gasteiger partial charge in [-0.3, -0.25) is 4.98 Å². The van der Waals surface area contributed by atoms with Gasteiger partial charge in [-0.25, -0.2) is 0 Å². The second-order valence-corrected chi connectivity index (χ2v) is 5.00. The summed E-state index contributed by atoms with van der Waals surface area (Å²) in [4.78, 5) is 4.42. The molecule has 3 nitrogen and oxygen atoms in total. The molecule has 1 saturated heterocycles. The average molecular weight is 241 g/mol. The molecule has 18 heavy (non-hydrogen) atoms. The van der Waals surface area contributed by atoms with Crippen molar-refractivity contribution in [3.8, 4) is 0 Å². The van der Waals surface area contributed by atoms with Crippen LogP contribution in [0.3, 0.4) is 0 Å². The van der Waals surface area contributed by atoms with Crippen molar-refractivity contribution in [3.05, 3.63) is 36.0 Å². The van der Waals surface area contributed by atoms with E-state index in [1.807, 2.05) is 12.3 Å². The van der Waals surface area contributed by atoms with E-state index in [1.54, 1.807) is 0 Å². The average Bonchev–Trinajstić information content (AvgIpc) is 2.43. The number of fused-ring (bicyclic) bond motifs is 1. The summed E-state index contributed by atoms with van der Waals surface area (Å²) in [6.45, 7) is 4.38. The number of piperidine rings is 1. The number of hydrogen-bond donors (Lipinski definition) is 2. The Morgan fingerprint density at radius 2 is 2.06 bits per heavy atom. The predicted octanol–water partition coefficient (Wildman–Crippen LogP) is 2.71. The number of pyridine rings is 1. The Labute approximate surface area is 108 Å². The summed E-state index contributed by atoms with van der Waals surface area (Å²) in [5, 5.41) is 8.34. The lowest BCUT2D eigenvalue weighted by Crippen LogP contribution is -2.35. The first kappa shape index (κ1) is 11.5. The maximum Gasteiger partial charge on any atom is 0.0722 e. The Kier molecular flexibility index (Phi) is 3.15. The minimum absolute atomic E-state index is 0.579. The number of aryl methyl sites for hydroxylation is 1.